The Morgan fingerprint density at radius 1 is 1.11 bits per heavy atom. The van der Waals surface area contributed by atoms with E-state index >= 15 is 0 Å². The molecule has 0 fully saturated rings. The minimum absolute atomic E-state index is 0.0646. The smallest absolute Gasteiger partial charge is 0.280 e. The number of aromatic nitrogens is 4. The van der Waals surface area contributed by atoms with Gasteiger partial charge in [-0.2, -0.15) is 5.10 Å². The second-order valence-electron chi connectivity index (χ2n) is 7.77. The van der Waals surface area contributed by atoms with E-state index in [9.17, 15) is 9.59 Å². The second-order valence-corrected chi connectivity index (χ2v) is 8.72. The fraction of sp³-hybridized carbons (Fsp3) is 0.280. The first-order valence-electron chi connectivity index (χ1n) is 11.1. The summed E-state index contributed by atoms with van der Waals surface area (Å²) in [5.41, 5.74) is 2.94. The number of carbonyl (C=O) groups excluding carboxylic acids is 1. The Morgan fingerprint density at radius 3 is 2.66 bits per heavy atom. The maximum atomic E-state index is 13.6. The Morgan fingerprint density at radius 2 is 1.91 bits per heavy atom. The number of hydrogen-bond acceptors (Lipinski definition) is 7. The Hall–Kier alpha value is -3.79. The van der Waals surface area contributed by atoms with Crippen LogP contribution in [0.2, 0.25) is 0 Å². The molecule has 0 bridgehead atoms. The van der Waals surface area contributed by atoms with Crippen LogP contribution in [0.3, 0.4) is 0 Å². The molecule has 0 spiro atoms. The fourth-order valence-electron chi connectivity index (χ4n) is 3.78. The predicted octanol–water partition coefficient (Wildman–Crippen LogP) is 3.72. The number of aryl methyl sites for hydroxylation is 2. The molecule has 182 valence electrons. The Bertz CT molecular complexity index is 1430. The minimum Gasteiger partial charge on any atom is -0.497 e. The number of hydrogen-bond donors (Lipinski definition) is 1. The van der Waals surface area contributed by atoms with E-state index in [1.165, 1.54) is 11.8 Å². The molecule has 9 nitrogen and oxygen atoms in total. The highest BCUT2D eigenvalue weighted by Gasteiger charge is 2.19. The van der Waals surface area contributed by atoms with Gasteiger partial charge in [0.25, 0.3) is 5.56 Å². The molecule has 1 N–H and O–H groups in total. The average Bonchev–Trinajstić information content (AvgIpc) is 3.20. The van der Waals surface area contributed by atoms with E-state index in [0.717, 1.165) is 5.56 Å². The molecule has 0 aliphatic carbocycles. The van der Waals surface area contributed by atoms with Crippen molar-refractivity contribution in [1.29, 1.82) is 0 Å². The summed E-state index contributed by atoms with van der Waals surface area (Å²) in [6, 6.07) is 14.7. The average molecular weight is 494 g/mol. The maximum absolute atomic E-state index is 13.6. The number of methoxy groups -OCH3 is 2. The lowest BCUT2D eigenvalue weighted by Crippen LogP contribution is -2.26. The summed E-state index contributed by atoms with van der Waals surface area (Å²) < 4.78 is 13.9. The number of para-hydroxylation sites is 2. The van der Waals surface area contributed by atoms with Crippen LogP contribution in [-0.2, 0) is 17.9 Å². The first-order chi connectivity index (χ1) is 16.9. The topological polar surface area (TPSA) is 100 Å². The molecule has 10 heteroatoms. The molecule has 4 aromatic rings. The van der Waals surface area contributed by atoms with Crippen molar-refractivity contribution in [1.82, 2.24) is 19.3 Å². The highest BCUT2D eigenvalue weighted by atomic mass is 32.2. The van der Waals surface area contributed by atoms with E-state index in [1.54, 1.807) is 35.6 Å². The largest absolute Gasteiger partial charge is 0.497 e. The molecule has 0 aliphatic heterocycles. The van der Waals surface area contributed by atoms with Gasteiger partial charge in [0.2, 0.25) is 5.91 Å². The molecule has 2 heterocycles. The van der Waals surface area contributed by atoms with Crippen LogP contribution in [0.25, 0.3) is 11.0 Å². The van der Waals surface area contributed by atoms with E-state index in [-0.39, 0.29) is 23.8 Å². The van der Waals surface area contributed by atoms with E-state index < -0.39 is 0 Å². The molecule has 0 saturated carbocycles. The lowest BCUT2D eigenvalue weighted by atomic mass is 10.2. The van der Waals surface area contributed by atoms with Crippen LogP contribution in [0.15, 0.2) is 58.5 Å². The molecular formula is C25H27N5O4S. The molecule has 0 atom stereocenters. The number of amides is 1. The third-order valence-corrected chi connectivity index (χ3v) is 6.45. The van der Waals surface area contributed by atoms with Crippen molar-refractivity contribution in [3.8, 4) is 11.5 Å². The number of nitrogens with zero attached hydrogens (tertiary/aromatic N) is 4. The zero-order valence-corrected chi connectivity index (χ0v) is 20.9. The van der Waals surface area contributed by atoms with Crippen LogP contribution in [0, 0.1) is 6.92 Å². The van der Waals surface area contributed by atoms with Gasteiger partial charge >= 0.3 is 0 Å². The van der Waals surface area contributed by atoms with E-state index in [0.29, 0.717) is 45.6 Å². The van der Waals surface area contributed by atoms with Crippen molar-refractivity contribution in [2.75, 3.05) is 25.3 Å². The van der Waals surface area contributed by atoms with E-state index in [1.807, 2.05) is 50.2 Å². The van der Waals surface area contributed by atoms with Crippen LogP contribution in [0.4, 0.5) is 5.69 Å². The first kappa shape index (κ1) is 24.3. The first-order valence-corrected chi connectivity index (χ1v) is 12.1. The number of ether oxygens (including phenoxy) is 2. The highest BCUT2D eigenvalue weighted by Crippen LogP contribution is 2.25. The zero-order chi connectivity index (χ0) is 24.9. The molecule has 0 unspecified atom stereocenters. The summed E-state index contributed by atoms with van der Waals surface area (Å²) in [6.07, 6.45) is 0. The van der Waals surface area contributed by atoms with Crippen LogP contribution in [0.1, 0.15) is 18.2 Å². The molecule has 4 rings (SSSR count). The lowest BCUT2D eigenvalue weighted by Gasteiger charge is -2.14. The van der Waals surface area contributed by atoms with Crippen LogP contribution >= 0.6 is 11.8 Å². The summed E-state index contributed by atoms with van der Waals surface area (Å²) in [4.78, 5) is 31.1. The summed E-state index contributed by atoms with van der Waals surface area (Å²) in [5.74, 6) is 1.10. The van der Waals surface area contributed by atoms with Crippen LogP contribution in [0.5, 0.6) is 11.5 Å². The van der Waals surface area contributed by atoms with E-state index in [4.69, 9.17) is 14.5 Å². The van der Waals surface area contributed by atoms with Gasteiger partial charge in [-0.25, -0.2) is 4.98 Å². The van der Waals surface area contributed by atoms with Gasteiger partial charge in [-0.3, -0.25) is 18.8 Å². The summed E-state index contributed by atoms with van der Waals surface area (Å²) >= 11 is 1.20. The molecule has 35 heavy (non-hydrogen) atoms. The standard InChI is InChI=1S/C25H27N5O4S/c1-5-30-23-22(16(2)28-30)27-25(29(24(23)32)14-17-9-8-10-18(13-17)33-3)35-15-21(31)26-19-11-6-7-12-20(19)34-4/h6-13H,5,14-15H2,1-4H3,(H,26,31). The number of thioether (sulfide) groups is 1. The molecule has 0 saturated heterocycles. The zero-order valence-electron chi connectivity index (χ0n) is 20.1. The Balaban J connectivity index is 1.68. The SMILES string of the molecule is CCn1nc(C)c2nc(SCC(=O)Nc3ccccc3OC)n(Cc3cccc(OC)c3)c(=O)c21. The van der Waals surface area contributed by atoms with Crippen molar-refractivity contribution in [2.45, 2.75) is 32.1 Å². The third-order valence-electron chi connectivity index (χ3n) is 5.47. The number of rotatable bonds is 9. The highest BCUT2D eigenvalue weighted by molar-refractivity contribution is 7.99. The lowest BCUT2D eigenvalue weighted by molar-refractivity contribution is -0.113. The molecule has 0 aliphatic rings. The summed E-state index contributed by atoms with van der Waals surface area (Å²) in [5, 5.41) is 7.78. The Labute approximate surface area is 207 Å². The summed E-state index contributed by atoms with van der Waals surface area (Å²) in [7, 11) is 3.15. The van der Waals surface area contributed by atoms with Crippen molar-refractivity contribution in [2.24, 2.45) is 0 Å². The fourth-order valence-corrected chi connectivity index (χ4v) is 4.58. The number of carbonyl (C=O) groups is 1. The van der Waals surface area contributed by atoms with Gasteiger partial charge < -0.3 is 14.8 Å². The van der Waals surface area contributed by atoms with Gasteiger partial charge in [0.05, 0.1) is 37.9 Å². The second kappa shape index (κ2) is 10.6. The number of fused-ring (bicyclic) bond motifs is 1. The van der Waals surface area contributed by atoms with Crippen molar-refractivity contribution in [3.63, 3.8) is 0 Å². The molecular weight excluding hydrogens is 466 g/mol. The number of benzene rings is 2. The van der Waals surface area contributed by atoms with Gasteiger partial charge in [0.15, 0.2) is 10.7 Å². The van der Waals surface area contributed by atoms with Crippen molar-refractivity contribution in [3.05, 3.63) is 70.1 Å². The maximum Gasteiger partial charge on any atom is 0.280 e. The van der Waals surface area contributed by atoms with Gasteiger partial charge in [-0.05, 0) is 43.7 Å². The third kappa shape index (κ3) is 5.17. The van der Waals surface area contributed by atoms with Gasteiger partial charge in [-0.1, -0.05) is 36.0 Å². The number of anilines is 1. The van der Waals surface area contributed by atoms with Crippen molar-refractivity contribution < 1.29 is 14.3 Å². The monoisotopic (exact) mass is 493 g/mol. The molecule has 2 aromatic heterocycles. The number of nitrogens with one attached hydrogen (secondary N) is 1. The van der Waals surface area contributed by atoms with Crippen molar-refractivity contribution >= 4 is 34.4 Å². The predicted molar refractivity (Wildman–Crippen MR) is 137 cm³/mol. The molecule has 0 radical (unpaired) electrons. The Kier molecular flexibility index (Phi) is 7.40. The van der Waals surface area contributed by atoms with Crippen LogP contribution in [-0.4, -0.2) is 45.2 Å². The van der Waals surface area contributed by atoms with Gasteiger partial charge in [0.1, 0.15) is 17.0 Å². The van der Waals surface area contributed by atoms with Crippen LogP contribution < -0.4 is 20.3 Å². The normalized spacial score (nSPS) is 11.0. The quantitative estimate of drug-likeness (QED) is 0.280. The van der Waals surface area contributed by atoms with Gasteiger partial charge in [0, 0.05) is 6.54 Å². The molecule has 1 amide bonds. The minimum atomic E-state index is -0.234. The summed E-state index contributed by atoms with van der Waals surface area (Å²) in [6.45, 7) is 4.59. The van der Waals surface area contributed by atoms with Gasteiger partial charge in [-0.15, -0.1) is 0 Å². The van der Waals surface area contributed by atoms with E-state index in [2.05, 4.69) is 10.4 Å². The molecule has 2 aromatic carbocycles.